The van der Waals surface area contributed by atoms with Gasteiger partial charge in [0.25, 0.3) is 5.91 Å². The Kier molecular flexibility index (Phi) is 4.59. The van der Waals surface area contributed by atoms with Crippen LogP contribution >= 0.6 is 43.5 Å². The summed E-state index contributed by atoms with van der Waals surface area (Å²) in [5.41, 5.74) is 0.476. The van der Waals surface area contributed by atoms with E-state index in [2.05, 4.69) is 47.1 Å². The number of hydrogen-bond donors (Lipinski definition) is 1. The van der Waals surface area contributed by atoms with Crippen molar-refractivity contribution < 1.29 is 4.79 Å². The highest BCUT2D eigenvalue weighted by Crippen LogP contribution is 2.21. The molecule has 0 saturated heterocycles. The van der Waals surface area contributed by atoms with Gasteiger partial charge in [-0.3, -0.25) is 4.79 Å². The predicted octanol–water partition coefficient (Wildman–Crippen LogP) is 3.73. The molecule has 0 spiro atoms. The largest absolute Gasteiger partial charge is 0.342 e. The summed E-state index contributed by atoms with van der Waals surface area (Å²) in [5, 5.41) is 3.20. The van der Waals surface area contributed by atoms with Crippen molar-refractivity contribution >= 4 is 55.2 Å². The molecule has 1 amide bonds. The van der Waals surface area contributed by atoms with E-state index in [1.807, 2.05) is 6.92 Å². The van der Waals surface area contributed by atoms with Gasteiger partial charge >= 0.3 is 0 Å². The first-order chi connectivity index (χ1) is 9.01. The minimum absolute atomic E-state index is 0.286. The van der Waals surface area contributed by atoms with Gasteiger partial charge in [0.05, 0.1) is 11.2 Å². The lowest BCUT2D eigenvalue weighted by atomic mass is 10.4. The molecular weight excluding hydrogens is 399 g/mol. The summed E-state index contributed by atoms with van der Waals surface area (Å²) >= 11 is 12.3. The number of amides is 1. The Bertz CT molecular complexity index is 629. The Hall–Kier alpha value is -0.920. The highest BCUT2D eigenvalue weighted by Gasteiger charge is 2.15. The van der Waals surface area contributed by atoms with Crippen molar-refractivity contribution in [2.75, 3.05) is 5.32 Å². The first-order valence-electron chi connectivity index (χ1n) is 5.36. The molecule has 2 aromatic heterocycles. The number of carbonyl (C=O) groups is 1. The van der Waals surface area contributed by atoms with Crippen molar-refractivity contribution in [2.45, 2.75) is 13.5 Å². The fourth-order valence-corrected chi connectivity index (χ4v) is 2.66. The van der Waals surface area contributed by atoms with Gasteiger partial charge in [0, 0.05) is 12.7 Å². The van der Waals surface area contributed by atoms with Gasteiger partial charge in [-0.15, -0.1) is 0 Å². The van der Waals surface area contributed by atoms with Crippen LogP contribution < -0.4 is 5.32 Å². The van der Waals surface area contributed by atoms with E-state index in [-0.39, 0.29) is 5.91 Å². The molecule has 5 nitrogen and oxygen atoms in total. The quantitative estimate of drug-likeness (QED) is 0.842. The molecule has 0 aliphatic heterocycles. The van der Waals surface area contributed by atoms with E-state index in [0.29, 0.717) is 32.3 Å². The Morgan fingerprint density at radius 2 is 2.26 bits per heavy atom. The van der Waals surface area contributed by atoms with Gasteiger partial charge in [-0.1, -0.05) is 11.6 Å². The molecule has 1 N–H and O–H groups in total. The number of nitrogens with one attached hydrogen (secondary N) is 1. The first-order valence-corrected chi connectivity index (χ1v) is 7.32. The molecule has 0 fully saturated rings. The monoisotopic (exact) mass is 406 g/mol. The molecule has 2 aromatic rings. The van der Waals surface area contributed by atoms with E-state index in [4.69, 9.17) is 11.6 Å². The van der Waals surface area contributed by atoms with Crippen LogP contribution in [0, 0.1) is 0 Å². The highest BCUT2D eigenvalue weighted by atomic mass is 79.9. The van der Waals surface area contributed by atoms with E-state index in [0.717, 1.165) is 0 Å². The van der Waals surface area contributed by atoms with Gasteiger partial charge in [-0.05, 0) is 44.8 Å². The number of halogens is 3. The molecule has 0 aliphatic carbocycles. The van der Waals surface area contributed by atoms with E-state index < -0.39 is 0 Å². The van der Waals surface area contributed by atoms with Gasteiger partial charge < -0.3 is 9.88 Å². The van der Waals surface area contributed by atoms with Crippen LogP contribution in [0.2, 0.25) is 5.02 Å². The molecular formula is C11H9Br2ClN4O. The first kappa shape index (κ1) is 14.5. The van der Waals surface area contributed by atoms with Crippen LogP contribution in [0.1, 0.15) is 17.4 Å². The summed E-state index contributed by atoms with van der Waals surface area (Å²) < 4.78 is 2.80. The molecule has 2 heterocycles. The van der Waals surface area contributed by atoms with Crippen LogP contribution in [0.25, 0.3) is 0 Å². The van der Waals surface area contributed by atoms with Crippen LogP contribution in [0.5, 0.6) is 0 Å². The Labute approximate surface area is 131 Å². The number of carbonyl (C=O) groups excluding carboxylic acids is 1. The third kappa shape index (κ3) is 3.34. The SMILES string of the molecule is CCn1cc(Cl)cc1C(=O)Nc1ncc(Br)nc1Br. The standard InChI is InChI=1S/C11H9Br2ClN4O/c1-2-18-5-6(14)3-7(18)11(19)17-10-9(13)16-8(12)4-15-10/h3-5H,2H2,1H3,(H,15,17,19). The summed E-state index contributed by atoms with van der Waals surface area (Å²) in [6.45, 7) is 2.59. The minimum Gasteiger partial charge on any atom is -0.342 e. The van der Waals surface area contributed by atoms with Gasteiger partial charge in [0.15, 0.2) is 5.82 Å². The number of aromatic nitrogens is 3. The van der Waals surface area contributed by atoms with Crippen LogP contribution in [-0.2, 0) is 6.54 Å². The van der Waals surface area contributed by atoms with Crippen LogP contribution in [0.4, 0.5) is 5.82 Å². The van der Waals surface area contributed by atoms with Crippen LogP contribution in [0.15, 0.2) is 27.7 Å². The highest BCUT2D eigenvalue weighted by molar-refractivity contribution is 9.11. The van der Waals surface area contributed by atoms with E-state index in [9.17, 15) is 4.79 Å². The molecule has 0 aromatic carbocycles. The van der Waals surface area contributed by atoms with Crippen molar-refractivity contribution in [3.63, 3.8) is 0 Å². The summed E-state index contributed by atoms with van der Waals surface area (Å²) in [5.74, 6) is 0.0687. The Morgan fingerprint density at radius 3 is 2.89 bits per heavy atom. The zero-order valence-corrected chi connectivity index (χ0v) is 13.8. The molecule has 0 saturated carbocycles. The maximum absolute atomic E-state index is 12.2. The van der Waals surface area contributed by atoms with Gasteiger partial charge in [0.1, 0.15) is 14.9 Å². The summed E-state index contributed by atoms with van der Waals surface area (Å²) in [6, 6.07) is 1.61. The van der Waals surface area contributed by atoms with Crippen molar-refractivity contribution in [3.05, 3.63) is 38.4 Å². The lowest BCUT2D eigenvalue weighted by Gasteiger charge is -2.08. The molecule has 0 atom stereocenters. The van der Waals surface area contributed by atoms with E-state index >= 15 is 0 Å². The average molecular weight is 408 g/mol. The van der Waals surface area contributed by atoms with Crippen molar-refractivity contribution in [1.82, 2.24) is 14.5 Å². The summed E-state index contributed by atoms with van der Waals surface area (Å²) in [4.78, 5) is 20.3. The minimum atomic E-state index is -0.286. The fourth-order valence-electron chi connectivity index (χ4n) is 1.53. The topological polar surface area (TPSA) is 59.8 Å². The number of rotatable bonds is 3. The lowest BCUT2D eigenvalue weighted by molar-refractivity contribution is 0.101. The fraction of sp³-hybridized carbons (Fsp3) is 0.182. The number of anilines is 1. The Balaban J connectivity index is 2.25. The van der Waals surface area contributed by atoms with Crippen LogP contribution in [0.3, 0.4) is 0 Å². The van der Waals surface area contributed by atoms with Gasteiger partial charge in [-0.25, -0.2) is 9.97 Å². The molecule has 2 rings (SSSR count). The van der Waals surface area contributed by atoms with E-state index in [1.54, 1.807) is 16.8 Å². The molecule has 0 unspecified atom stereocenters. The van der Waals surface area contributed by atoms with Crippen molar-refractivity contribution in [2.24, 2.45) is 0 Å². The maximum Gasteiger partial charge on any atom is 0.273 e. The Morgan fingerprint density at radius 1 is 1.53 bits per heavy atom. The lowest BCUT2D eigenvalue weighted by Crippen LogP contribution is -2.17. The normalized spacial score (nSPS) is 10.5. The molecule has 0 bridgehead atoms. The molecule has 8 heteroatoms. The summed E-state index contributed by atoms with van der Waals surface area (Å²) in [7, 11) is 0. The second-order valence-corrected chi connectivity index (χ2v) is 5.62. The summed E-state index contributed by atoms with van der Waals surface area (Å²) in [6.07, 6.45) is 3.21. The number of nitrogens with zero attached hydrogens (tertiary/aromatic N) is 3. The number of hydrogen-bond acceptors (Lipinski definition) is 3. The van der Waals surface area contributed by atoms with Gasteiger partial charge in [-0.2, -0.15) is 0 Å². The zero-order valence-electron chi connectivity index (χ0n) is 9.82. The van der Waals surface area contributed by atoms with Crippen molar-refractivity contribution in [3.8, 4) is 0 Å². The van der Waals surface area contributed by atoms with Crippen LogP contribution in [-0.4, -0.2) is 20.4 Å². The average Bonchev–Trinajstić information content (AvgIpc) is 2.74. The number of aryl methyl sites for hydroxylation is 1. The third-order valence-corrected chi connectivity index (χ3v) is 3.51. The second-order valence-electron chi connectivity index (χ2n) is 3.62. The smallest absolute Gasteiger partial charge is 0.273 e. The molecule has 0 radical (unpaired) electrons. The molecule has 0 aliphatic rings. The maximum atomic E-state index is 12.2. The zero-order chi connectivity index (χ0) is 14.0. The van der Waals surface area contributed by atoms with E-state index in [1.165, 1.54) is 6.20 Å². The van der Waals surface area contributed by atoms with Gasteiger partial charge in [0.2, 0.25) is 0 Å². The second kappa shape index (κ2) is 6.02. The van der Waals surface area contributed by atoms with Crippen molar-refractivity contribution in [1.29, 1.82) is 0 Å². The molecule has 100 valence electrons. The predicted molar refractivity (Wildman–Crippen MR) is 80.5 cm³/mol. The molecule has 19 heavy (non-hydrogen) atoms. The third-order valence-electron chi connectivity index (χ3n) is 2.37.